The van der Waals surface area contributed by atoms with Gasteiger partial charge in [-0.3, -0.25) is 4.79 Å². The SMILES string of the molecule is COc1ccc([C@H]2CC(=O)N(Cc3ccccc3C(F)(F)F)C2)cc1OC1CCCC1. The van der Waals surface area contributed by atoms with Crippen LogP contribution in [0.2, 0.25) is 0 Å². The molecule has 2 aliphatic rings. The van der Waals surface area contributed by atoms with Crippen LogP contribution >= 0.6 is 0 Å². The summed E-state index contributed by atoms with van der Waals surface area (Å²) in [6, 6.07) is 11.1. The van der Waals surface area contributed by atoms with Gasteiger partial charge in [0.05, 0.1) is 18.8 Å². The number of likely N-dealkylation sites (tertiary alicyclic amines) is 1. The van der Waals surface area contributed by atoms with E-state index < -0.39 is 11.7 Å². The van der Waals surface area contributed by atoms with Crippen LogP contribution in [0, 0.1) is 0 Å². The highest BCUT2D eigenvalue weighted by Crippen LogP contribution is 2.38. The summed E-state index contributed by atoms with van der Waals surface area (Å²) in [6.45, 7) is 0.326. The Morgan fingerprint density at radius 1 is 1.06 bits per heavy atom. The van der Waals surface area contributed by atoms with Crippen molar-refractivity contribution in [3.05, 3.63) is 59.2 Å². The van der Waals surface area contributed by atoms with E-state index >= 15 is 0 Å². The molecule has 0 radical (unpaired) electrons. The van der Waals surface area contributed by atoms with E-state index in [9.17, 15) is 18.0 Å². The molecule has 0 aromatic heterocycles. The molecule has 4 nitrogen and oxygen atoms in total. The number of amides is 1. The van der Waals surface area contributed by atoms with Gasteiger partial charge in [-0.15, -0.1) is 0 Å². The molecule has 1 saturated carbocycles. The molecule has 7 heteroatoms. The fourth-order valence-corrected chi connectivity index (χ4v) is 4.51. The number of hydrogen-bond donors (Lipinski definition) is 0. The van der Waals surface area contributed by atoms with E-state index in [0.29, 0.717) is 18.0 Å². The molecule has 2 aromatic rings. The molecule has 0 bridgehead atoms. The quantitative estimate of drug-likeness (QED) is 0.600. The zero-order valence-corrected chi connectivity index (χ0v) is 17.5. The third-order valence-corrected chi connectivity index (χ3v) is 6.15. The van der Waals surface area contributed by atoms with E-state index in [1.54, 1.807) is 13.2 Å². The molecular formula is C24H26F3NO3. The van der Waals surface area contributed by atoms with Crippen molar-refractivity contribution in [3.63, 3.8) is 0 Å². The molecule has 2 aromatic carbocycles. The molecule has 2 fully saturated rings. The van der Waals surface area contributed by atoms with Crippen molar-refractivity contribution in [1.29, 1.82) is 0 Å². The van der Waals surface area contributed by atoms with Crippen LogP contribution in [0.1, 0.15) is 54.7 Å². The topological polar surface area (TPSA) is 38.8 Å². The predicted octanol–water partition coefficient (Wildman–Crippen LogP) is 5.55. The Morgan fingerprint density at radius 2 is 1.81 bits per heavy atom. The molecular weight excluding hydrogens is 407 g/mol. The van der Waals surface area contributed by atoms with Gasteiger partial charge in [0, 0.05) is 25.4 Å². The normalized spacial score (nSPS) is 19.8. The Bertz CT molecular complexity index is 938. The lowest BCUT2D eigenvalue weighted by Crippen LogP contribution is -2.26. The lowest BCUT2D eigenvalue weighted by Gasteiger charge is -2.21. The van der Waals surface area contributed by atoms with Gasteiger partial charge in [0.2, 0.25) is 5.91 Å². The van der Waals surface area contributed by atoms with Crippen molar-refractivity contribution in [2.75, 3.05) is 13.7 Å². The van der Waals surface area contributed by atoms with Crippen LogP contribution in [0.4, 0.5) is 13.2 Å². The maximum absolute atomic E-state index is 13.3. The van der Waals surface area contributed by atoms with E-state index in [0.717, 1.165) is 37.3 Å². The monoisotopic (exact) mass is 433 g/mol. The number of hydrogen-bond acceptors (Lipinski definition) is 3. The van der Waals surface area contributed by atoms with E-state index in [-0.39, 0.29) is 36.5 Å². The second-order valence-electron chi connectivity index (χ2n) is 8.26. The Labute approximate surface area is 180 Å². The predicted molar refractivity (Wildman–Crippen MR) is 110 cm³/mol. The summed E-state index contributed by atoms with van der Waals surface area (Å²) in [4.78, 5) is 14.1. The number of alkyl halides is 3. The number of nitrogens with zero attached hydrogens (tertiary/aromatic N) is 1. The summed E-state index contributed by atoms with van der Waals surface area (Å²) in [6.07, 6.45) is 0.328. The van der Waals surface area contributed by atoms with Gasteiger partial charge in [0.25, 0.3) is 0 Å². The van der Waals surface area contributed by atoms with Gasteiger partial charge in [-0.2, -0.15) is 13.2 Å². The number of carbonyl (C=O) groups is 1. The van der Waals surface area contributed by atoms with Crippen LogP contribution in [-0.4, -0.2) is 30.6 Å². The van der Waals surface area contributed by atoms with Gasteiger partial charge in [-0.05, 0) is 55.0 Å². The fourth-order valence-electron chi connectivity index (χ4n) is 4.51. The highest BCUT2D eigenvalue weighted by Gasteiger charge is 2.36. The van der Waals surface area contributed by atoms with Gasteiger partial charge in [-0.25, -0.2) is 0 Å². The molecule has 0 spiro atoms. The standard InChI is InChI=1S/C24H26F3NO3/c1-30-21-11-10-16(12-22(21)31-19-7-3-4-8-19)18-13-23(29)28(15-18)14-17-6-2-5-9-20(17)24(25,26)27/h2,5-6,9-12,18-19H,3-4,7-8,13-15H2,1H3/t18-/m0/s1. The van der Waals surface area contributed by atoms with E-state index in [4.69, 9.17) is 9.47 Å². The van der Waals surface area contributed by atoms with Gasteiger partial charge < -0.3 is 14.4 Å². The van der Waals surface area contributed by atoms with Crippen molar-refractivity contribution < 1.29 is 27.4 Å². The summed E-state index contributed by atoms with van der Waals surface area (Å²) >= 11 is 0. The Balaban J connectivity index is 1.51. The second-order valence-corrected chi connectivity index (χ2v) is 8.26. The van der Waals surface area contributed by atoms with E-state index in [2.05, 4.69) is 0 Å². The molecule has 0 N–H and O–H groups in total. The number of ether oxygens (including phenoxy) is 2. The molecule has 1 amide bonds. The summed E-state index contributed by atoms with van der Waals surface area (Å²) in [5.74, 6) is 1.08. The van der Waals surface area contributed by atoms with Gasteiger partial charge in [0.1, 0.15) is 0 Å². The van der Waals surface area contributed by atoms with Crippen LogP contribution < -0.4 is 9.47 Å². The second kappa shape index (κ2) is 8.81. The van der Waals surface area contributed by atoms with Crippen molar-refractivity contribution >= 4 is 5.91 Å². The first-order chi connectivity index (χ1) is 14.8. The molecule has 1 atom stereocenters. The van der Waals surface area contributed by atoms with E-state index in [1.807, 2.05) is 18.2 Å². The number of halogens is 3. The lowest BCUT2D eigenvalue weighted by molar-refractivity contribution is -0.139. The zero-order chi connectivity index (χ0) is 22.0. The van der Waals surface area contributed by atoms with Crippen LogP contribution in [0.15, 0.2) is 42.5 Å². The molecule has 31 heavy (non-hydrogen) atoms. The molecule has 1 saturated heterocycles. The summed E-state index contributed by atoms with van der Waals surface area (Å²) in [7, 11) is 1.59. The fraction of sp³-hybridized carbons (Fsp3) is 0.458. The van der Waals surface area contributed by atoms with Crippen molar-refractivity contribution in [1.82, 2.24) is 4.90 Å². The minimum Gasteiger partial charge on any atom is -0.493 e. The van der Waals surface area contributed by atoms with Crippen molar-refractivity contribution in [3.8, 4) is 11.5 Å². The Kier molecular flexibility index (Phi) is 6.12. The van der Waals surface area contributed by atoms with Gasteiger partial charge >= 0.3 is 6.18 Å². The van der Waals surface area contributed by atoms with E-state index in [1.165, 1.54) is 17.0 Å². The van der Waals surface area contributed by atoms with Crippen LogP contribution in [0.3, 0.4) is 0 Å². The average molecular weight is 433 g/mol. The Hall–Kier alpha value is -2.70. The molecule has 1 aliphatic heterocycles. The first-order valence-electron chi connectivity index (χ1n) is 10.6. The molecule has 4 rings (SSSR count). The highest BCUT2D eigenvalue weighted by atomic mass is 19.4. The van der Waals surface area contributed by atoms with Crippen LogP contribution in [0.25, 0.3) is 0 Å². The lowest BCUT2D eigenvalue weighted by atomic mass is 9.98. The third-order valence-electron chi connectivity index (χ3n) is 6.15. The van der Waals surface area contributed by atoms with Gasteiger partial charge in [0.15, 0.2) is 11.5 Å². The van der Waals surface area contributed by atoms with Crippen LogP contribution in [-0.2, 0) is 17.5 Å². The molecule has 1 aliphatic carbocycles. The molecule has 0 unspecified atom stereocenters. The first kappa shape index (κ1) is 21.5. The number of benzene rings is 2. The largest absolute Gasteiger partial charge is 0.493 e. The van der Waals surface area contributed by atoms with Crippen molar-refractivity contribution in [2.24, 2.45) is 0 Å². The number of carbonyl (C=O) groups excluding carboxylic acids is 1. The number of rotatable bonds is 6. The highest BCUT2D eigenvalue weighted by molar-refractivity contribution is 5.80. The molecule has 1 heterocycles. The summed E-state index contributed by atoms with van der Waals surface area (Å²) < 4.78 is 51.5. The average Bonchev–Trinajstić information content (AvgIpc) is 3.37. The van der Waals surface area contributed by atoms with Gasteiger partial charge in [-0.1, -0.05) is 24.3 Å². The zero-order valence-electron chi connectivity index (χ0n) is 17.5. The third kappa shape index (κ3) is 4.81. The maximum atomic E-state index is 13.3. The maximum Gasteiger partial charge on any atom is 0.416 e. The summed E-state index contributed by atoms with van der Waals surface area (Å²) in [5.41, 5.74) is 0.362. The van der Waals surface area contributed by atoms with Crippen molar-refractivity contribution in [2.45, 2.75) is 56.8 Å². The minimum atomic E-state index is -4.44. The first-order valence-corrected chi connectivity index (χ1v) is 10.6. The summed E-state index contributed by atoms with van der Waals surface area (Å²) in [5, 5.41) is 0. The number of methoxy groups -OCH3 is 1. The molecule has 166 valence electrons. The Morgan fingerprint density at radius 3 is 2.52 bits per heavy atom. The smallest absolute Gasteiger partial charge is 0.416 e. The van der Waals surface area contributed by atoms with Crippen LogP contribution in [0.5, 0.6) is 11.5 Å². The minimum absolute atomic E-state index is 0.0490.